The van der Waals surface area contributed by atoms with Gasteiger partial charge in [-0.1, -0.05) is 23.7 Å². The zero-order valence-corrected chi connectivity index (χ0v) is 22.1. The van der Waals surface area contributed by atoms with E-state index in [2.05, 4.69) is 15.8 Å². The molecule has 1 aliphatic heterocycles. The second kappa shape index (κ2) is 11.8. The summed E-state index contributed by atoms with van der Waals surface area (Å²) in [5.74, 6) is -1.43. The summed E-state index contributed by atoms with van der Waals surface area (Å²) >= 11 is 5.86. The molecule has 0 unspecified atom stereocenters. The number of hydrogen-bond donors (Lipinski definition) is 2. The van der Waals surface area contributed by atoms with Crippen LogP contribution >= 0.6 is 11.6 Å². The highest BCUT2D eigenvalue weighted by Crippen LogP contribution is 2.24. The van der Waals surface area contributed by atoms with Crippen molar-refractivity contribution >= 4 is 44.8 Å². The maximum Gasteiger partial charge on any atom is 0.255 e. The number of carbonyl (C=O) groups is 2. The van der Waals surface area contributed by atoms with Crippen molar-refractivity contribution < 1.29 is 22.4 Å². The number of anilines is 1. The highest BCUT2D eigenvalue weighted by Gasteiger charge is 2.32. The molecule has 8 nitrogen and oxygen atoms in total. The lowest BCUT2D eigenvalue weighted by molar-refractivity contribution is -0.126. The van der Waals surface area contributed by atoms with Crippen LogP contribution in [0.15, 0.2) is 82.8 Å². The Hall–Kier alpha value is -3.60. The molecule has 0 saturated carbocycles. The third kappa shape index (κ3) is 6.63. The molecule has 3 aromatic rings. The molecule has 1 heterocycles. The number of hydrazone groups is 1. The molecular weight excluding hydrogens is 531 g/mol. The number of amides is 2. The number of rotatable bonds is 7. The van der Waals surface area contributed by atoms with Gasteiger partial charge in [0.15, 0.2) is 0 Å². The summed E-state index contributed by atoms with van der Waals surface area (Å²) in [5.41, 5.74) is 5.00. The van der Waals surface area contributed by atoms with E-state index in [0.717, 1.165) is 17.7 Å². The highest BCUT2D eigenvalue weighted by molar-refractivity contribution is 7.89. The molecule has 3 aromatic carbocycles. The van der Waals surface area contributed by atoms with Gasteiger partial charge in [0.1, 0.15) is 5.82 Å². The summed E-state index contributed by atoms with van der Waals surface area (Å²) in [5, 5.41) is 7.55. The topological polar surface area (TPSA) is 108 Å². The van der Waals surface area contributed by atoms with Crippen molar-refractivity contribution in [3.05, 3.63) is 94.8 Å². The first-order valence-corrected chi connectivity index (χ1v) is 13.7. The van der Waals surface area contributed by atoms with Gasteiger partial charge >= 0.3 is 0 Å². The van der Waals surface area contributed by atoms with E-state index in [-0.39, 0.29) is 35.7 Å². The molecule has 2 amide bonds. The minimum Gasteiger partial charge on any atom is -0.322 e. The molecule has 1 fully saturated rings. The number of benzene rings is 3. The fourth-order valence-electron chi connectivity index (χ4n) is 4.01. The third-order valence-corrected chi connectivity index (χ3v) is 8.44. The lowest BCUT2D eigenvalue weighted by Crippen LogP contribution is -2.42. The van der Waals surface area contributed by atoms with Crippen molar-refractivity contribution in [2.75, 3.05) is 18.4 Å². The minimum atomic E-state index is -3.74. The molecule has 2 N–H and O–H groups in total. The minimum absolute atomic E-state index is 0.0255. The van der Waals surface area contributed by atoms with E-state index in [1.165, 1.54) is 16.4 Å². The van der Waals surface area contributed by atoms with Gasteiger partial charge in [0.25, 0.3) is 5.91 Å². The van der Waals surface area contributed by atoms with Crippen molar-refractivity contribution in [2.24, 2.45) is 11.0 Å². The number of halogens is 2. The van der Waals surface area contributed by atoms with Gasteiger partial charge in [0, 0.05) is 35.3 Å². The highest BCUT2D eigenvalue weighted by atomic mass is 35.5. The number of hydrogen-bond acceptors (Lipinski definition) is 5. The van der Waals surface area contributed by atoms with Crippen LogP contribution < -0.4 is 10.7 Å². The molecule has 38 heavy (non-hydrogen) atoms. The summed E-state index contributed by atoms with van der Waals surface area (Å²) in [4.78, 5) is 25.0. The summed E-state index contributed by atoms with van der Waals surface area (Å²) < 4.78 is 40.0. The smallest absolute Gasteiger partial charge is 0.255 e. The van der Waals surface area contributed by atoms with Crippen LogP contribution in [0.4, 0.5) is 10.1 Å². The average Bonchev–Trinajstić information content (AvgIpc) is 2.92. The average molecular weight is 557 g/mol. The van der Waals surface area contributed by atoms with Crippen molar-refractivity contribution in [1.29, 1.82) is 0 Å². The standard InChI is InChI=1S/C27H26ClFN4O4S/c1-18(19-4-10-24(11-5-19)30-26(34)20-2-6-22(28)7-3-20)31-32-27(35)21-14-16-33(17-15-21)38(36,37)25-12-8-23(29)9-13-25/h2-13,21H,14-17H2,1H3,(H,30,34)(H,32,35). The van der Waals surface area contributed by atoms with E-state index in [1.807, 2.05) is 0 Å². The molecule has 4 rings (SSSR count). The third-order valence-electron chi connectivity index (χ3n) is 6.28. The largest absolute Gasteiger partial charge is 0.322 e. The predicted molar refractivity (Wildman–Crippen MR) is 144 cm³/mol. The molecular formula is C27H26ClFN4O4S. The van der Waals surface area contributed by atoms with E-state index in [4.69, 9.17) is 11.6 Å². The van der Waals surface area contributed by atoms with Crippen LogP contribution in [0.25, 0.3) is 0 Å². The van der Waals surface area contributed by atoms with Gasteiger partial charge in [-0.3, -0.25) is 9.59 Å². The fourth-order valence-corrected chi connectivity index (χ4v) is 5.60. The predicted octanol–water partition coefficient (Wildman–Crippen LogP) is 4.67. The Balaban J connectivity index is 1.29. The number of piperidine rings is 1. The van der Waals surface area contributed by atoms with Gasteiger partial charge in [-0.15, -0.1) is 0 Å². The second-order valence-electron chi connectivity index (χ2n) is 8.84. The van der Waals surface area contributed by atoms with Crippen molar-refractivity contribution in [1.82, 2.24) is 9.73 Å². The van der Waals surface area contributed by atoms with Gasteiger partial charge in [-0.25, -0.2) is 18.2 Å². The monoisotopic (exact) mass is 556 g/mol. The van der Waals surface area contributed by atoms with Gasteiger partial charge in [-0.2, -0.15) is 9.41 Å². The Morgan fingerprint density at radius 3 is 2.11 bits per heavy atom. The first-order valence-electron chi connectivity index (χ1n) is 11.9. The zero-order valence-electron chi connectivity index (χ0n) is 20.5. The second-order valence-corrected chi connectivity index (χ2v) is 11.2. The molecule has 0 radical (unpaired) electrons. The van der Waals surface area contributed by atoms with E-state index in [1.54, 1.807) is 55.5 Å². The molecule has 198 valence electrons. The molecule has 0 aromatic heterocycles. The number of sulfonamides is 1. The van der Waals surface area contributed by atoms with E-state index >= 15 is 0 Å². The molecule has 11 heteroatoms. The van der Waals surface area contributed by atoms with Gasteiger partial charge in [0.2, 0.25) is 15.9 Å². The fraction of sp³-hybridized carbons (Fsp3) is 0.222. The SMILES string of the molecule is CC(=NNC(=O)C1CCN(S(=O)(=O)c2ccc(F)cc2)CC1)c1ccc(NC(=O)c2ccc(Cl)cc2)cc1. The number of carbonyl (C=O) groups excluding carboxylic acids is 2. The van der Waals surface area contributed by atoms with E-state index < -0.39 is 15.8 Å². The molecule has 1 saturated heterocycles. The lowest BCUT2D eigenvalue weighted by Gasteiger charge is -2.30. The van der Waals surface area contributed by atoms with Crippen LogP contribution in [-0.4, -0.2) is 43.3 Å². The number of nitrogens with zero attached hydrogens (tertiary/aromatic N) is 2. The normalized spacial score (nSPS) is 15.2. The summed E-state index contributed by atoms with van der Waals surface area (Å²) in [6.45, 7) is 2.12. The Bertz CT molecular complexity index is 1440. The van der Waals surface area contributed by atoms with Gasteiger partial charge in [0.05, 0.1) is 10.6 Å². The van der Waals surface area contributed by atoms with Crippen LogP contribution in [-0.2, 0) is 14.8 Å². The van der Waals surface area contributed by atoms with Crippen LogP contribution in [0.1, 0.15) is 35.7 Å². The molecule has 0 spiro atoms. The maximum absolute atomic E-state index is 13.1. The Kier molecular flexibility index (Phi) is 8.55. The molecule has 0 atom stereocenters. The first kappa shape index (κ1) is 27.4. The van der Waals surface area contributed by atoms with Crippen LogP contribution in [0.2, 0.25) is 5.02 Å². The van der Waals surface area contributed by atoms with Crippen LogP contribution in [0.5, 0.6) is 0 Å². The molecule has 0 bridgehead atoms. The quantitative estimate of drug-likeness (QED) is 0.325. The van der Waals surface area contributed by atoms with Crippen molar-refractivity contribution in [2.45, 2.75) is 24.7 Å². The summed E-state index contributed by atoms with van der Waals surface area (Å²) in [6.07, 6.45) is 0.700. The first-order chi connectivity index (χ1) is 18.1. The van der Waals surface area contributed by atoms with E-state index in [9.17, 15) is 22.4 Å². The molecule has 1 aliphatic rings. The summed E-state index contributed by atoms with van der Waals surface area (Å²) in [7, 11) is -3.74. The number of nitrogens with one attached hydrogen (secondary N) is 2. The van der Waals surface area contributed by atoms with Crippen LogP contribution in [0.3, 0.4) is 0 Å². The van der Waals surface area contributed by atoms with Gasteiger partial charge < -0.3 is 5.32 Å². The maximum atomic E-state index is 13.1. The van der Waals surface area contributed by atoms with Crippen molar-refractivity contribution in [3.8, 4) is 0 Å². The van der Waals surface area contributed by atoms with E-state index in [0.29, 0.717) is 34.8 Å². The summed E-state index contributed by atoms with van der Waals surface area (Å²) in [6, 6.07) is 18.3. The van der Waals surface area contributed by atoms with Gasteiger partial charge in [-0.05, 0) is 86.0 Å². The Morgan fingerprint density at radius 2 is 1.50 bits per heavy atom. The lowest BCUT2D eigenvalue weighted by atomic mass is 9.98. The molecule has 0 aliphatic carbocycles. The zero-order chi connectivity index (χ0) is 27.3. The van der Waals surface area contributed by atoms with Crippen molar-refractivity contribution in [3.63, 3.8) is 0 Å². The Labute approximate surface area is 225 Å². The Morgan fingerprint density at radius 1 is 0.921 bits per heavy atom. The van der Waals surface area contributed by atoms with Crippen LogP contribution in [0, 0.1) is 11.7 Å².